The summed E-state index contributed by atoms with van der Waals surface area (Å²) >= 11 is 8.85. The van der Waals surface area contributed by atoms with E-state index in [9.17, 15) is 4.79 Å². The summed E-state index contributed by atoms with van der Waals surface area (Å²) in [7, 11) is 1.85. The van der Waals surface area contributed by atoms with Crippen molar-refractivity contribution in [3.05, 3.63) is 28.2 Å². The number of carbonyl (C=O) groups is 1. The number of rotatable bonds is 5. The van der Waals surface area contributed by atoms with Crippen LogP contribution in [-0.2, 0) is 24.0 Å². The molecule has 18 heavy (non-hydrogen) atoms. The first-order chi connectivity index (χ1) is 8.56. The first kappa shape index (κ1) is 13.4. The maximum Gasteiger partial charge on any atom is 0.309 e. The lowest BCUT2D eigenvalue weighted by molar-refractivity contribution is -0.136. The van der Waals surface area contributed by atoms with Gasteiger partial charge in [0, 0.05) is 12.4 Å². The maximum absolute atomic E-state index is 10.5. The van der Waals surface area contributed by atoms with Crippen molar-refractivity contribution in [2.45, 2.75) is 16.5 Å². The van der Waals surface area contributed by atoms with E-state index in [2.05, 4.69) is 9.97 Å². The summed E-state index contributed by atoms with van der Waals surface area (Å²) in [6.07, 6.45) is 1.57. The molecule has 0 radical (unpaired) electrons. The average molecular weight is 304 g/mol. The topological polar surface area (TPSA) is 68.0 Å². The Bertz CT molecular complexity index is 567. The van der Waals surface area contributed by atoms with E-state index >= 15 is 0 Å². The van der Waals surface area contributed by atoms with Crippen LogP contribution in [0.15, 0.2) is 15.9 Å². The minimum absolute atomic E-state index is 0.0364. The van der Waals surface area contributed by atoms with Crippen molar-refractivity contribution in [2.75, 3.05) is 0 Å². The lowest BCUT2D eigenvalue weighted by Crippen LogP contribution is -2.00. The normalized spacial score (nSPS) is 10.8. The molecule has 96 valence electrons. The Labute approximate surface area is 117 Å². The molecule has 0 spiro atoms. The molecule has 8 heteroatoms. The second kappa shape index (κ2) is 5.73. The number of aliphatic carboxylic acids is 1. The Morgan fingerprint density at radius 3 is 3.06 bits per heavy atom. The van der Waals surface area contributed by atoms with E-state index in [0.29, 0.717) is 16.6 Å². The fourth-order valence-electron chi connectivity index (χ4n) is 1.28. The van der Waals surface area contributed by atoms with E-state index in [-0.39, 0.29) is 6.42 Å². The number of carboxylic acid groups (broad SMARTS) is 1. The second-order valence-corrected chi connectivity index (χ2v) is 5.99. The van der Waals surface area contributed by atoms with Crippen LogP contribution in [0.4, 0.5) is 0 Å². The molecule has 0 aromatic carbocycles. The zero-order chi connectivity index (χ0) is 13.1. The molecule has 0 saturated carbocycles. The van der Waals surface area contributed by atoms with Gasteiger partial charge < -0.3 is 9.67 Å². The third-order valence-electron chi connectivity index (χ3n) is 2.22. The van der Waals surface area contributed by atoms with E-state index in [1.807, 2.05) is 7.05 Å². The fourth-order valence-corrected chi connectivity index (χ4v) is 3.26. The van der Waals surface area contributed by atoms with Crippen molar-refractivity contribution >= 4 is 40.7 Å². The van der Waals surface area contributed by atoms with Crippen molar-refractivity contribution in [1.29, 1.82) is 0 Å². The number of thiazole rings is 1. The summed E-state index contributed by atoms with van der Waals surface area (Å²) in [5, 5.41) is 11.0. The molecule has 0 fully saturated rings. The molecule has 1 N–H and O–H groups in total. The van der Waals surface area contributed by atoms with E-state index < -0.39 is 5.97 Å². The van der Waals surface area contributed by atoms with Gasteiger partial charge in [-0.3, -0.25) is 4.79 Å². The summed E-state index contributed by atoms with van der Waals surface area (Å²) < 4.78 is 2.64. The van der Waals surface area contributed by atoms with Crippen molar-refractivity contribution in [3.63, 3.8) is 0 Å². The van der Waals surface area contributed by atoms with Crippen LogP contribution in [-0.4, -0.2) is 25.6 Å². The predicted octanol–water partition coefficient (Wildman–Crippen LogP) is 2.45. The first-order valence-corrected chi connectivity index (χ1v) is 7.25. The van der Waals surface area contributed by atoms with Gasteiger partial charge in [0.05, 0.1) is 24.1 Å². The molecule has 0 amide bonds. The van der Waals surface area contributed by atoms with Crippen LogP contribution in [0.1, 0.15) is 11.5 Å². The van der Waals surface area contributed by atoms with E-state index in [4.69, 9.17) is 16.7 Å². The highest BCUT2D eigenvalue weighted by molar-refractivity contribution is 8.00. The van der Waals surface area contributed by atoms with Gasteiger partial charge in [-0.25, -0.2) is 9.97 Å². The van der Waals surface area contributed by atoms with Crippen molar-refractivity contribution in [2.24, 2.45) is 7.05 Å². The Balaban J connectivity index is 1.96. The molecule has 0 unspecified atom stereocenters. The smallest absolute Gasteiger partial charge is 0.309 e. The van der Waals surface area contributed by atoms with Gasteiger partial charge in [-0.05, 0) is 0 Å². The van der Waals surface area contributed by atoms with Gasteiger partial charge >= 0.3 is 5.97 Å². The van der Waals surface area contributed by atoms with Crippen LogP contribution in [0.5, 0.6) is 0 Å². The zero-order valence-corrected chi connectivity index (χ0v) is 11.8. The Hall–Kier alpha value is -1.05. The van der Waals surface area contributed by atoms with Crippen LogP contribution in [0, 0.1) is 0 Å². The predicted molar refractivity (Wildman–Crippen MR) is 71.2 cm³/mol. The third-order valence-corrected chi connectivity index (χ3v) is 4.63. The second-order valence-electron chi connectivity index (χ2n) is 3.52. The van der Waals surface area contributed by atoms with E-state index in [1.54, 1.807) is 16.1 Å². The number of hydrogen-bond acceptors (Lipinski definition) is 5. The van der Waals surface area contributed by atoms with Gasteiger partial charge in [-0.1, -0.05) is 23.4 Å². The standard InChI is InChI=1S/C10H10ClN3O2S2/c1-14-7(11)3-12-8(14)5-18-10-13-6(4-17-10)2-9(15)16/h3-4H,2,5H2,1H3,(H,15,16). The molecule has 2 aromatic heterocycles. The van der Waals surface area contributed by atoms with Gasteiger partial charge in [-0.2, -0.15) is 0 Å². The molecule has 0 atom stereocenters. The van der Waals surface area contributed by atoms with Gasteiger partial charge in [-0.15, -0.1) is 11.3 Å². The largest absolute Gasteiger partial charge is 0.481 e. The van der Waals surface area contributed by atoms with Crippen LogP contribution in [0.3, 0.4) is 0 Å². The molecule has 5 nitrogen and oxygen atoms in total. The van der Waals surface area contributed by atoms with Crippen molar-refractivity contribution < 1.29 is 9.90 Å². The van der Waals surface area contributed by atoms with E-state index in [0.717, 1.165) is 10.2 Å². The molecule has 0 bridgehead atoms. The van der Waals surface area contributed by atoms with Crippen molar-refractivity contribution in [1.82, 2.24) is 14.5 Å². The van der Waals surface area contributed by atoms with Crippen LogP contribution >= 0.6 is 34.7 Å². The van der Waals surface area contributed by atoms with Gasteiger partial charge in [0.15, 0.2) is 4.34 Å². The monoisotopic (exact) mass is 303 g/mol. The highest BCUT2D eigenvalue weighted by Crippen LogP contribution is 2.26. The SMILES string of the molecule is Cn1c(Cl)cnc1CSc1nc(CC(=O)O)cs1. The fraction of sp³-hybridized carbons (Fsp3) is 0.300. The zero-order valence-electron chi connectivity index (χ0n) is 9.46. The van der Waals surface area contributed by atoms with Crippen molar-refractivity contribution in [3.8, 4) is 0 Å². The highest BCUT2D eigenvalue weighted by atomic mass is 35.5. The first-order valence-electron chi connectivity index (χ1n) is 5.01. The number of aromatic nitrogens is 3. The molecule has 0 saturated heterocycles. The lowest BCUT2D eigenvalue weighted by Gasteiger charge is -2.00. The van der Waals surface area contributed by atoms with Gasteiger partial charge in [0.2, 0.25) is 0 Å². The number of thioether (sulfide) groups is 1. The summed E-state index contributed by atoms with van der Waals surface area (Å²) in [6, 6.07) is 0. The summed E-state index contributed by atoms with van der Waals surface area (Å²) in [5.41, 5.74) is 0.591. The lowest BCUT2D eigenvalue weighted by atomic mass is 10.3. The number of carboxylic acids is 1. The molecule has 2 heterocycles. The summed E-state index contributed by atoms with van der Waals surface area (Å²) in [4.78, 5) is 18.9. The van der Waals surface area contributed by atoms with Crippen LogP contribution in [0.2, 0.25) is 5.15 Å². The van der Waals surface area contributed by atoms with Crippen LogP contribution in [0.25, 0.3) is 0 Å². The van der Waals surface area contributed by atoms with Gasteiger partial charge in [0.25, 0.3) is 0 Å². The third kappa shape index (κ3) is 3.24. The Morgan fingerprint density at radius 1 is 1.67 bits per heavy atom. The summed E-state index contributed by atoms with van der Waals surface area (Å²) in [5.74, 6) is 0.649. The molecular formula is C10H10ClN3O2S2. The minimum atomic E-state index is -0.868. The van der Waals surface area contributed by atoms with Gasteiger partial charge in [0.1, 0.15) is 11.0 Å². The molecule has 0 aliphatic rings. The number of halogens is 1. The average Bonchev–Trinajstić information content (AvgIpc) is 2.86. The van der Waals surface area contributed by atoms with E-state index in [1.165, 1.54) is 23.1 Å². The molecular weight excluding hydrogens is 294 g/mol. The van der Waals surface area contributed by atoms with Crippen LogP contribution < -0.4 is 0 Å². The number of nitrogens with zero attached hydrogens (tertiary/aromatic N) is 3. The Morgan fingerprint density at radius 2 is 2.44 bits per heavy atom. The quantitative estimate of drug-likeness (QED) is 0.859. The summed E-state index contributed by atoms with van der Waals surface area (Å²) in [6.45, 7) is 0. The molecule has 0 aliphatic carbocycles. The highest BCUT2D eigenvalue weighted by Gasteiger charge is 2.09. The number of imidazole rings is 1. The molecule has 2 aromatic rings. The Kier molecular flexibility index (Phi) is 4.26. The maximum atomic E-state index is 10.5. The molecule has 2 rings (SSSR count). The minimum Gasteiger partial charge on any atom is -0.481 e. The number of hydrogen-bond donors (Lipinski definition) is 1. The molecule has 0 aliphatic heterocycles.